The molecule has 0 aromatic carbocycles. The first-order valence-corrected chi connectivity index (χ1v) is 3.65. The summed E-state index contributed by atoms with van der Waals surface area (Å²) >= 11 is 0. The lowest BCUT2D eigenvalue weighted by molar-refractivity contribution is -0.0727. The van der Waals surface area contributed by atoms with E-state index < -0.39 is 19.2 Å². The van der Waals surface area contributed by atoms with Crippen molar-refractivity contribution in [3.05, 3.63) is 0 Å². The minimum absolute atomic E-state index is 0.00806. The highest BCUT2D eigenvalue weighted by molar-refractivity contribution is 4.54. The lowest BCUT2D eigenvalue weighted by Crippen LogP contribution is -2.20. The van der Waals surface area contributed by atoms with Gasteiger partial charge in [0.15, 0.2) is 0 Å². The molecule has 0 fully saturated rings. The van der Waals surface area contributed by atoms with Gasteiger partial charge in [-0.2, -0.15) is 0 Å². The molecule has 5 heteroatoms. The van der Waals surface area contributed by atoms with Crippen molar-refractivity contribution in [2.24, 2.45) is 0 Å². The van der Waals surface area contributed by atoms with Gasteiger partial charge in [-0.1, -0.05) is 0 Å². The topological polar surface area (TPSA) is 18.5 Å². The summed E-state index contributed by atoms with van der Waals surface area (Å²) in [5, 5.41) is 0. The van der Waals surface area contributed by atoms with Crippen LogP contribution in [0.15, 0.2) is 0 Å². The van der Waals surface area contributed by atoms with Crippen LogP contribution in [0, 0.1) is 0 Å². The van der Waals surface area contributed by atoms with Gasteiger partial charge in [-0.05, 0) is 0 Å². The van der Waals surface area contributed by atoms with E-state index in [0.717, 1.165) is 6.92 Å². The molecule has 0 radical (unpaired) electrons. The smallest absolute Gasteiger partial charge is 0.268 e. The number of rotatable bonds is 7. The summed E-state index contributed by atoms with van der Waals surface area (Å²) in [6, 6.07) is 0. The number of ether oxygens (including phenoxy) is 2. The lowest BCUT2D eigenvalue weighted by Gasteiger charge is -2.10. The summed E-state index contributed by atoms with van der Waals surface area (Å²) in [6.07, 6.45) is 0. The second-order valence-electron chi connectivity index (χ2n) is 2.42. The summed E-state index contributed by atoms with van der Waals surface area (Å²) < 4.78 is 44.7. The fourth-order valence-corrected chi connectivity index (χ4v) is 0.526. The number of halogens is 3. The van der Waals surface area contributed by atoms with E-state index >= 15 is 0 Å². The highest BCUT2D eigenvalue weighted by Crippen LogP contribution is 2.10. The number of alkyl halides is 3. The second kappa shape index (κ2) is 6.25. The minimum Gasteiger partial charge on any atom is -0.376 e. The van der Waals surface area contributed by atoms with Gasteiger partial charge < -0.3 is 9.47 Å². The van der Waals surface area contributed by atoms with Crippen molar-refractivity contribution in [3.63, 3.8) is 0 Å². The average Bonchev–Trinajstić information content (AvgIpc) is 1.94. The van der Waals surface area contributed by atoms with Gasteiger partial charge in [-0.15, -0.1) is 0 Å². The van der Waals surface area contributed by atoms with Crippen molar-refractivity contribution in [2.45, 2.75) is 12.8 Å². The fourth-order valence-electron chi connectivity index (χ4n) is 0.526. The Labute approximate surface area is 69.7 Å². The Morgan fingerprint density at radius 1 is 1.08 bits per heavy atom. The number of hydrogen-bond acceptors (Lipinski definition) is 2. The van der Waals surface area contributed by atoms with Crippen LogP contribution in [-0.2, 0) is 9.47 Å². The van der Waals surface area contributed by atoms with Crippen molar-refractivity contribution >= 4 is 0 Å². The van der Waals surface area contributed by atoms with E-state index in [2.05, 4.69) is 9.47 Å². The van der Waals surface area contributed by atoms with Gasteiger partial charge in [0.25, 0.3) is 5.92 Å². The quantitative estimate of drug-likeness (QED) is 0.563. The van der Waals surface area contributed by atoms with Crippen LogP contribution in [0.1, 0.15) is 6.92 Å². The Morgan fingerprint density at radius 3 is 2.17 bits per heavy atom. The molecule has 0 unspecified atom stereocenters. The summed E-state index contributed by atoms with van der Waals surface area (Å²) in [4.78, 5) is 0. The van der Waals surface area contributed by atoms with E-state index in [0.29, 0.717) is 0 Å². The van der Waals surface area contributed by atoms with E-state index in [-0.39, 0.29) is 19.8 Å². The molecule has 0 aliphatic carbocycles. The van der Waals surface area contributed by atoms with E-state index in [9.17, 15) is 13.2 Å². The second-order valence-corrected chi connectivity index (χ2v) is 2.42. The first-order chi connectivity index (χ1) is 5.56. The maximum atomic E-state index is 12.1. The monoisotopic (exact) mass is 186 g/mol. The van der Waals surface area contributed by atoms with Gasteiger partial charge >= 0.3 is 0 Å². The zero-order valence-corrected chi connectivity index (χ0v) is 6.99. The summed E-state index contributed by atoms with van der Waals surface area (Å²) in [5.74, 6) is -2.81. The minimum atomic E-state index is -2.81. The van der Waals surface area contributed by atoms with Gasteiger partial charge in [-0.3, -0.25) is 0 Å². The zero-order valence-electron chi connectivity index (χ0n) is 6.99. The van der Waals surface area contributed by atoms with Crippen LogP contribution in [0.5, 0.6) is 0 Å². The van der Waals surface area contributed by atoms with Crippen LogP contribution in [-0.4, -0.2) is 39.0 Å². The first kappa shape index (κ1) is 11.7. The average molecular weight is 186 g/mol. The van der Waals surface area contributed by atoms with Crippen molar-refractivity contribution in [1.29, 1.82) is 0 Å². The largest absolute Gasteiger partial charge is 0.376 e. The standard InChI is InChI=1S/C7H13F3O2/c1-7(9,10)6-12-5-4-11-3-2-8/h2-6H2,1H3. The maximum Gasteiger partial charge on any atom is 0.268 e. The normalized spacial score (nSPS) is 12.0. The summed E-state index contributed by atoms with van der Waals surface area (Å²) in [6.45, 7) is -0.194. The third kappa shape index (κ3) is 9.71. The molecule has 0 rings (SSSR count). The molecule has 0 heterocycles. The molecule has 0 aromatic rings. The molecule has 0 atom stereocenters. The van der Waals surface area contributed by atoms with Crippen LogP contribution >= 0.6 is 0 Å². The highest BCUT2D eigenvalue weighted by atomic mass is 19.3. The van der Waals surface area contributed by atoms with Crippen LogP contribution in [0.2, 0.25) is 0 Å². The molecule has 0 aliphatic heterocycles. The van der Waals surface area contributed by atoms with Crippen molar-refractivity contribution in [3.8, 4) is 0 Å². The maximum absolute atomic E-state index is 12.1. The molecule has 0 N–H and O–H groups in total. The highest BCUT2D eigenvalue weighted by Gasteiger charge is 2.20. The van der Waals surface area contributed by atoms with E-state index in [1.54, 1.807) is 0 Å². The molecule has 0 aromatic heterocycles. The molecule has 0 spiro atoms. The molecule has 2 nitrogen and oxygen atoms in total. The Bertz CT molecular complexity index is 103. The Balaban J connectivity index is 3.01. The van der Waals surface area contributed by atoms with Gasteiger partial charge in [0.2, 0.25) is 0 Å². The van der Waals surface area contributed by atoms with Crippen LogP contribution < -0.4 is 0 Å². The zero-order chi connectivity index (χ0) is 9.45. The molecule has 74 valence electrons. The third-order valence-corrected chi connectivity index (χ3v) is 0.949. The lowest BCUT2D eigenvalue weighted by atomic mass is 10.4. The molecule has 0 aliphatic rings. The van der Waals surface area contributed by atoms with Crippen molar-refractivity contribution < 1.29 is 22.6 Å². The van der Waals surface area contributed by atoms with E-state index in [1.807, 2.05) is 0 Å². The first-order valence-electron chi connectivity index (χ1n) is 3.65. The van der Waals surface area contributed by atoms with E-state index in [1.165, 1.54) is 0 Å². The van der Waals surface area contributed by atoms with Crippen molar-refractivity contribution in [2.75, 3.05) is 33.1 Å². The molecule has 0 saturated carbocycles. The molecule has 0 saturated heterocycles. The molecule has 12 heavy (non-hydrogen) atoms. The molecule has 0 amide bonds. The Morgan fingerprint density at radius 2 is 1.67 bits per heavy atom. The van der Waals surface area contributed by atoms with Gasteiger partial charge in [0.05, 0.1) is 19.8 Å². The third-order valence-electron chi connectivity index (χ3n) is 0.949. The SMILES string of the molecule is CC(F)(F)COCCOCCF. The Hall–Kier alpha value is -0.290. The fraction of sp³-hybridized carbons (Fsp3) is 1.00. The van der Waals surface area contributed by atoms with Crippen LogP contribution in [0.25, 0.3) is 0 Å². The van der Waals surface area contributed by atoms with Crippen LogP contribution in [0.3, 0.4) is 0 Å². The van der Waals surface area contributed by atoms with Gasteiger partial charge in [0, 0.05) is 6.92 Å². The summed E-state index contributed by atoms with van der Waals surface area (Å²) in [7, 11) is 0. The predicted molar refractivity (Wildman–Crippen MR) is 38.2 cm³/mol. The molecule has 0 bridgehead atoms. The van der Waals surface area contributed by atoms with Gasteiger partial charge in [-0.25, -0.2) is 13.2 Å². The Kier molecular flexibility index (Phi) is 6.10. The van der Waals surface area contributed by atoms with E-state index in [4.69, 9.17) is 0 Å². The van der Waals surface area contributed by atoms with Gasteiger partial charge in [0.1, 0.15) is 13.3 Å². The predicted octanol–water partition coefficient (Wildman–Crippen LogP) is 1.64. The van der Waals surface area contributed by atoms with Crippen molar-refractivity contribution in [1.82, 2.24) is 0 Å². The summed E-state index contributed by atoms with van der Waals surface area (Å²) in [5.41, 5.74) is 0. The van der Waals surface area contributed by atoms with Crippen LogP contribution in [0.4, 0.5) is 13.2 Å². The number of hydrogen-bond donors (Lipinski definition) is 0. The molecular formula is C7H13F3O2. The molecular weight excluding hydrogens is 173 g/mol.